The number of rotatable bonds is 4. The molecule has 0 aliphatic heterocycles. The number of hydrogen-bond acceptors (Lipinski definition) is 5. The molecule has 0 spiro atoms. The van der Waals surface area contributed by atoms with E-state index in [0.717, 1.165) is 10.0 Å². The zero-order valence-corrected chi connectivity index (χ0v) is 11.3. The molecule has 0 aliphatic rings. The summed E-state index contributed by atoms with van der Waals surface area (Å²) in [5, 5.41) is 0. The zero-order chi connectivity index (χ0) is 13.0. The van der Waals surface area contributed by atoms with Crippen LogP contribution in [0.4, 0.5) is 5.69 Å². The van der Waals surface area contributed by atoms with Gasteiger partial charge in [0.2, 0.25) is 0 Å². The number of halogens is 1. The summed E-state index contributed by atoms with van der Waals surface area (Å²) in [5.41, 5.74) is 7.23. The third kappa shape index (κ3) is 3.18. The van der Waals surface area contributed by atoms with Crippen LogP contribution in [0.5, 0.6) is 11.8 Å². The molecule has 6 heteroatoms. The fourth-order valence-electron chi connectivity index (χ4n) is 1.42. The van der Waals surface area contributed by atoms with E-state index in [9.17, 15) is 0 Å². The van der Waals surface area contributed by atoms with E-state index >= 15 is 0 Å². The summed E-state index contributed by atoms with van der Waals surface area (Å²) in [6.07, 6.45) is 3.24. The first-order valence-electron chi connectivity index (χ1n) is 5.22. The van der Waals surface area contributed by atoms with Crippen molar-refractivity contribution >= 4 is 21.6 Å². The van der Waals surface area contributed by atoms with Crippen molar-refractivity contribution in [2.45, 2.75) is 6.61 Å². The van der Waals surface area contributed by atoms with Crippen LogP contribution in [0.3, 0.4) is 0 Å². The molecule has 0 fully saturated rings. The van der Waals surface area contributed by atoms with Gasteiger partial charge in [-0.25, -0.2) is 9.97 Å². The van der Waals surface area contributed by atoms with Crippen molar-refractivity contribution in [3.8, 4) is 11.8 Å². The Bertz CT molecular complexity index is 531. The first-order chi connectivity index (χ1) is 8.69. The van der Waals surface area contributed by atoms with Gasteiger partial charge in [-0.15, -0.1) is 0 Å². The van der Waals surface area contributed by atoms with Crippen molar-refractivity contribution in [3.05, 3.63) is 40.6 Å². The quantitative estimate of drug-likeness (QED) is 0.879. The van der Waals surface area contributed by atoms with Crippen LogP contribution in [-0.4, -0.2) is 17.1 Å². The van der Waals surface area contributed by atoms with Crippen LogP contribution in [0.25, 0.3) is 0 Å². The van der Waals surface area contributed by atoms with Crippen LogP contribution < -0.4 is 10.5 Å². The number of ether oxygens (including phenoxy) is 2. The highest BCUT2D eigenvalue weighted by atomic mass is 79.9. The van der Waals surface area contributed by atoms with Crippen LogP contribution in [0.2, 0.25) is 0 Å². The third-order valence-corrected chi connectivity index (χ3v) is 2.59. The van der Waals surface area contributed by atoms with E-state index < -0.39 is 0 Å². The SMILES string of the molecule is COCc1cc(N)ccc1Oc1ncc(Br)cn1. The molecule has 5 nitrogen and oxygen atoms in total. The third-order valence-electron chi connectivity index (χ3n) is 2.18. The maximum atomic E-state index is 5.72. The van der Waals surface area contributed by atoms with E-state index in [-0.39, 0.29) is 6.01 Å². The topological polar surface area (TPSA) is 70.3 Å². The van der Waals surface area contributed by atoms with Gasteiger partial charge in [-0.05, 0) is 34.1 Å². The Kier molecular flexibility index (Phi) is 4.11. The van der Waals surface area contributed by atoms with E-state index in [1.54, 1.807) is 37.7 Å². The number of nitrogens with two attached hydrogens (primary N) is 1. The van der Waals surface area contributed by atoms with Gasteiger partial charge in [-0.1, -0.05) is 0 Å². The molecule has 0 saturated carbocycles. The predicted octanol–water partition coefficient (Wildman–Crippen LogP) is 2.76. The van der Waals surface area contributed by atoms with Crippen molar-refractivity contribution in [2.24, 2.45) is 0 Å². The lowest BCUT2D eigenvalue weighted by Crippen LogP contribution is -1.98. The number of nitrogen functional groups attached to an aromatic ring is 1. The maximum Gasteiger partial charge on any atom is 0.321 e. The van der Waals surface area contributed by atoms with E-state index in [2.05, 4.69) is 25.9 Å². The van der Waals surface area contributed by atoms with Crippen LogP contribution in [-0.2, 0) is 11.3 Å². The van der Waals surface area contributed by atoms with Gasteiger partial charge in [0.25, 0.3) is 0 Å². The minimum Gasteiger partial charge on any atom is -0.424 e. The average molecular weight is 310 g/mol. The summed E-state index contributed by atoms with van der Waals surface area (Å²) in [6.45, 7) is 0.414. The molecule has 2 rings (SSSR count). The van der Waals surface area contributed by atoms with Gasteiger partial charge in [-0.2, -0.15) is 0 Å². The van der Waals surface area contributed by atoms with E-state index in [1.807, 2.05) is 0 Å². The lowest BCUT2D eigenvalue weighted by molar-refractivity contribution is 0.182. The monoisotopic (exact) mass is 309 g/mol. The van der Waals surface area contributed by atoms with E-state index in [4.69, 9.17) is 15.2 Å². The normalized spacial score (nSPS) is 10.3. The summed E-state index contributed by atoms with van der Waals surface area (Å²) < 4.78 is 11.5. The van der Waals surface area contributed by atoms with Gasteiger partial charge in [0.15, 0.2) is 0 Å². The second kappa shape index (κ2) is 5.79. The standard InChI is InChI=1S/C12H12BrN3O2/c1-17-7-8-4-10(14)2-3-11(8)18-12-15-5-9(13)6-16-12/h2-6H,7,14H2,1H3. The Hall–Kier alpha value is -1.66. The van der Waals surface area contributed by atoms with Crippen LogP contribution in [0, 0.1) is 0 Å². The fraction of sp³-hybridized carbons (Fsp3) is 0.167. The Labute approximate surface area is 113 Å². The van der Waals surface area contributed by atoms with Crippen molar-refractivity contribution in [2.75, 3.05) is 12.8 Å². The van der Waals surface area contributed by atoms with Crippen LogP contribution >= 0.6 is 15.9 Å². The lowest BCUT2D eigenvalue weighted by Gasteiger charge is -2.09. The molecule has 1 heterocycles. The highest BCUT2D eigenvalue weighted by Gasteiger charge is 2.07. The number of anilines is 1. The zero-order valence-electron chi connectivity index (χ0n) is 9.76. The van der Waals surface area contributed by atoms with Gasteiger partial charge in [0.05, 0.1) is 11.1 Å². The number of aromatic nitrogens is 2. The molecule has 0 bridgehead atoms. The van der Waals surface area contributed by atoms with Crippen molar-refractivity contribution < 1.29 is 9.47 Å². The lowest BCUT2D eigenvalue weighted by atomic mass is 10.2. The first-order valence-corrected chi connectivity index (χ1v) is 6.01. The van der Waals surface area contributed by atoms with Crippen LogP contribution in [0.1, 0.15) is 5.56 Å². The molecule has 2 aromatic rings. The summed E-state index contributed by atoms with van der Waals surface area (Å²) in [5.74, 6) is 0.633. The minimum absolute atomic E-state index is 0.278. The summed E-state index contributed by atoms with van der Waals surface area (Å²) in [7, 11) is 1.61. The molecule has 0 unspecified atom stereocenters. The highest BCUT2D eigenvalue weighted by Crippen LogP contribution is 2.26. The van der Waals surface area contributed by atoms with Crippen LogP contribution in [0.15, 0.2) is 35.1 Å². The van der Waals surface area contributed by atoms with E-state index in [0.29, 0.717) is 18.0 Å². The summed E-state index contributed by atoms with van der Waals surface area (Å²) >= 11 is 3.26. The Balaban J connectivity index is 2.25. The van der Waals surface area contributed by atoms with Gasteiger partial charge >= 0.3 is 6.01 Å². The molecule has 0 radical (unpaired) electrons. The number of nitrogens with zero attached hydrogens (tertiary/aromatic N) is 2. The Morgan fingerprint density at radius 3 is 2.67 bits per heavy atom. The Morgan fingerprint density at radius 1 is 1.28 bits per heavy atom. The molecule has 0 atom stereocenters. The highest BCUT2D eigenvalue weighted by molar-refractivity contribution is 9.10. The van der Waals surface area contributed by atoms with Crippen molar-refractivity contribution in [1.29, 1.82) is 0 Å². The van der Waals surface area contributed by atoms with Gasteiger partial charge < -0.3 is 15.2 Å². The molecular weight excluding hydrogens is 298 g/mol. The van der Waals surface area contributed by atoms with Crippen molar-refractivity contribution in [3.63, 3.8) is 0 Å². The molecule has 94 valence electrons. The number of benzene rings is 1. The molecule has 0 aliphatic carbocycles. The molecule has 18 heavy (non-hydrogen) atoms. The first kappa shape index (κ1) is 12.8. The molecule has 1 aromatic carbocycles. The molecule has 0 amide bonds. The molecule has 1 aromatic heterocycles. The maximum absolute atomic E-state index is 5.72. The van der Waals surface area contributed by atoms with Gasteiger partial charge in [0, 0.05) is 30.8 Å². The minimum atomic E-state index is 0.278. The number of methoxy groups -OCH3 is 1. The number of hydrogen-bond donors (Lipinski definition) is 1. The molecule has 2 N–H and O–H groups in total. The van der Waals surface area contributed by atoms with E-state index in [1.165, 1.54) is 0 Å². The van der Waals surface area contributed by atoms with Crippen molar-refractivity contribution in [1.82, 2.24) is 9.97 Å². The van der Waals surface area contributed by atoms with Gasteiger partial charge in [0.1, 0.15) is 5.75 Å². The summed E-state index contributed by atoms with van der Waals surface area (Å²) in [6, 6.07) is 5.61. The summed E-state index contributed by atoms with van der Waals surface area (Å²) in [4.78, 5) is 8.09. The average Bonchev–Trinajstić information content (AvgIpc) is 2.36. The predicted molar refractivity (Wildman–Crippen MR) is 71.4 cm³/mol. The smallest absolute Gasteiger partial charge is 0.321 e. The second-order valence-corrected chi connectivity index (χ2v) is 4.50. The molecule has 0 saturated heterocycles. The molecular formula is C12H12BrN3O2. The second-order valence-electron chi connectivity index (χ2n) is 3.59. The Morgan fingerprint density at radius 2 is 2.00 bits per heavy atom. The van der Waals surface area contributed by atoms with Gasteiger partial charge in [-0.3, -0.25) is 0 Å². The fourth-order valence-corrected chi connectivity index (χ4v) is 1.62. The largest absolute Gasteiger partial charge is 0.424 e.